The standard InChI is InChI=1S/C17H22N4O2/c1-13-11-14(12-16(22)19-13)17(23)21-9-3-2-5-15(21)6-10-20-8-4-7-18-20/h4,7-8,11-12,15H,2-3,5-6,9-10H2,1H3,(H,19,22). The van der Waals surface area contributed by atoms with Crippen molar-refractivity contribution in [1.29, 1.82) is 0 Å². The number of H-pyrrole nitrogens is 1. The van der Waals surface area contributed by atoms with Crippen LogP contribution in [0.15, 0.2) is 35.4 Å². The van der Waals surface area contributed by atoms with Crippen molar-refractivity contribution >= 4 is 5.91 Å². The van der Waals surface area contributed by atoms with Gasteiger partial charge in [0.2, 0.25) is 5.56 Å². The van der Waals surface area contributed by atoms with Crippen LogP contribution >= 0.6 is 0 Å². The number of likely N-dealkylation sites (tertiary alicyclic amines) is 1. The number of amides is 1. The first-order valence-corrected chi connectivity index (χ1v) is 8.13. The molecule has 2 aromatic heterocycles. The summed E-state index contributed by atoms with van der Waals surface area (Å²) in [4.78, 5) is 29.1. The van der Waals surface area contributed by atoms with Crippen LogP contribution in [-0.4, -0.2) is 38.2 Å². The van der Waals surface area contributed by atoms with E-state index in [0.717, 1.165) is 38.8 Å². The van der Waals surface area contributed by atoms with Crippen molar-refractivity contribution < 1.29 is 4.79 Å². The summed E-state index contributed by atoms with van der Waals surface area (Å²) < 4.78 is 1.90. The molecule has 0 spiro atoms. The van der Waals surface area contributed by atoms with Gasteiger partial charge in [-0.15, -0.1) is 0 Å². The molecular formula is C17H22N4O2. The van der Waals surface area contributed by atoms with Crippen molar-refractivity contribution in [2.24, 2.45) is 0 Å². The summed E-state index contributed by atoms with van der Waals surface area (Å²) >= 11 is 0. The molecule has 3 heterocycles. The maximum Gasteiger partial charge on any atom is 0.254 e. The highest BCUT2D eigenvalue weighted by molar-refractivity contribution is 5.94. The number of nitrogens with one attached hydrogen (secondary N) is 1. The molecule has 6 heteroatoms. The van der Waals surface area contributed by atoms with Crippen LogP contribution in [0.1, 0.15) is 41.7 Å². The molecule has 3 rings (SSSR count). The average molecular weight is 314 g/mol. The summed E-state index contributed by atoms with van der Waals surface area (Å²) in [5.41, 5.74) is 0.974. The summed E-state index contributed by atoms with van der Waals surface area (Å²) in [5, 5.41) is 4.22. The molecule has 1 amide bonds. The number of hydrogen-bond donors (Lipinski definition) is 1. The van der Waals surface area contributed by atoms with Gasteiger partial charge in [-0.1, -0.05) is 0 Å². The van der Waals surface area contributed by atoms with Crippen LogP contribution in [0.2, 0.25) is 0 Å². The number of nitrogens with zero attached hydrogens (tertiary/aromatic N) is 3. The largest absolute Gasteiger partial charge is 0.336 e. The molecule has 1 saturated heterocycles. The molecule has 0 bridgehead atoms. The first-order valence-electron chi connectivity index (χ1n) is 8.13. The molecule has 1 unspecified atom stereocenters. The predicted molar refractivity (Wildman–Crippen MR) is 87.3 cm³/mol. The van der Waals surface area contributed by atoms with Gasteiger partial charge in [0.15, 0.2) is 0 Å². The minimum absolute atomic E-state index is 0.0376. The topological polar surface area (TPSA) is 71.0 Å². The Labute approximate surface area is 135 Å². The summed E-state index contributed by atoms with van der Waals surface area (Å²) in [5.74, 6) is -0.0376. The molecule has 23 heavy (non-hydrogen) atoms. The van der Waals surface area contributed by atoms with Crippen LogP contribution in [0.25, 0.3) is 0 Å². The SMILES string of the molecule is Cc1cc(C(=O)N2CCCCC2CCn2cccn2)cc(=O)[nH]1. The fraction of sp³-hybridized carbons (Fsp3) is 0.471. The van der Waals surface area contributed by atoms with Gasteiger partial charge in [-0.25, -0.2) is 0 Å². The van der Waals surface area contributed by atoms with Crippen LogP contribution in [0.4, 0.5) is 0 Å². The third-order valence-corrected chi connectivity index (χ3v) is 4.36. The average Bonchev–Trinajstić information content (AvgIpc) is 3.05. The lowest BCUT2D eigenvalue weighted by molar-refractivity contribution is 0.0593. The summed E-state index contributed by atoms with van der Waals surface area (Å²) in [6.07, 6.45) is 7.76. The van der Waals surface area contributed by atoms with Gasteiger partial charge in [-0.3, -0.25) is 14.3 Å². The fourth-order valence-corrected chi connectivity index (χ4v) is 3.25. The van der Waals surface area contributed by atoms with E-state index >= 15 is 0 Å². The Bertz CT molecular complexity index is 720. The molecule has 0 aromatic carbocycles. The number of hydrogen-bond acceptors (Lipinski definition) is 3. The quantitative estimate of drug-likeness (QED) is 0.938. The van der Waals surface area contributed by atoms with Crippen molar-refractivity contribution in [2.45, 2.75) is 45.2 Å². The van der Waals surface area contributed by atoms with E-state index in [4.69, 9.17) is 0 Å². The minimum Gasteiger partial charge on any atom is -0.336 e. The normalized spacial score (nSPS) is 18.1. The van der Waals surface area contributed by atoms with E-state index in [-0.39, 0.29) is 17.5 Å². The molecule has 6 nitrogen and oxygen atoms in total. The van der Waals surface area contributed by atoms with Gasteiger partial charge in [0, 0.05) is 48.8 Å². The molecule has 0 saturated carbocycles. The van der Waals surface area contributed by atoms with E-state index in [9.17, 15) is 9.59 Å². The second kappa shape index (κ2) is 6.81. The van der Waals surface area contributed by atoms with Gasteiger partial charge < -0.3 is 9.88 Å². The third-order valence-electron chi connectivity index (χ3n) is 4.36. The number of aromatic nitrogens is 3. The second-order valence-electron chi connectivity index (χ2n) is 6.12. The van der Waals surface area contributed by atoms with Gasteiger partial charge >= 0.3 is 0 Å². The lowest BCUT2D eigenvalue weighted by atomic mass is 9.98. The van der Waals surface area contributed by atoms with Gasteiger partial charge in [-0.05, 0) is 44.7 Å². The van der Waals surface area contributed by atoms with E-state index in [1.165, 1.54) is 6.07 Å². The smallest absolute Gasteiger partial charge is 0.254 e. The van der Waals surface area contributed by atoms with E-state index in [2.05, 4.69) is 10.1 Å². The Hall–Kier alpha value is -2.37. The number of piperidine rings is 1. The number of pyridine rings is 1. The monoisotopic (exact) mass is 314 g/mol. The molecule has 1 N–H and O–H groups in total. The number of aryl methyl sites for hydroxylation is 2. The Morgan fingerprint density at radius 2 is 2.26 bits per heavy atom. The molecule has 1 fully saturated rings. The van der Waals surface area contributed by atoms with Crippen molar-refractivity contribution in [3.05, 3.63) is 52.2 Å². The summed E-state index contributed by atoms with van der Waals surface area (Å²) in [6.45, 7) is 3.36. The van der Waals surface area contributed by atoms with Crippen molar-refractivity contribution in [3.8, 4) is 0 Å². The molecular weight excluding hydrogens is 292 g/mol. The fourth-order valence-electron chi connectivity index (χ4n) is 3.25. The van der Waals surface area contributed by atoms with Crippen LogP contribution in [-0.2, 0) is 6.54 Å². The zero-order chi connectivity index (χ0) is 16.2. The molecule has 1 atom stereocenters. The maximum atomic E-state index is 12.8. The van der Waals surface area contributed by atoms with E-state index in [1.807, 2.05) is 21.8 Å². The van der Waals surface area contributed by atoms with Crippen LogP contribution in [0, 0.1) is 6.92 Å². The molecule has 122 valence electrons. The Morgan fingerprint density at radius 3 is 3.00 bits per heavy atom. The van der Waals surface area contributed by atoms with Gasteiger partial charge in [0.1, 0.15) is 0 Å². The van der Waals surface area contributed by atoms with Gasteiger partial charge in [0.05, 0.1) is 0 Å². The predicted octanol–water partition coefficient (Wildman–Crippen LogP) is 1.96. The first kappa shape index (κ1) is 15.5. The van der Waals surface area contributed by atoms with Gasteiger partial charge in [-0.2, -0.15) is 5.10 Å². The highest BCUT2D eigenvalue weighted by Gasteiger charge is 2.27. The molecule has 2 aromatic rings. The Morgan fingerprint density at radius 1 is 1.39 bits per heavy atom. The highest BCUT2D eigenvalue weighted by Crippen LogP contribution is 2.22. The lowest BCUT2D eigenvalue weighted by Crippen LogP contribution is -2.44. The van der Waals surface area contributed by atoms with E-state index in [1.54, 1.807) is 19.2 Å². The van der Waals surface area contributed by atoms with E-state index < -0.39 is 0 Å². The minimum atomic E-state index is -0.224. The number of carbonyl (C=O) groups is 1. The number of rotatable bonds is 4. The van der Waals surface area contributed by atoms with Crippen molar-refractivity contribution in [1.82, 2.24) is 19.7 Å². The molecule has 0 radical (unpaired) electrons. The third kappa shape index (κ3) is 3.70. The van der Waals surface area contributed by atoms with E-state index in [0.29, 0.717) is 11.3 Å². The maximum absolute atomic E-state index is 12.8. The first-order chi connectivity index (χ1) is 11.1. The second-order valence-corrected chi connectivity index (χ2v) is 6.12. The van der Waals surface area contributed by atoms with Crippen LogP contribution < -0.4 is 5.56 Å². The summed E-state index contributed by atoms with van der Waals surface area (Å²) in [7, 11) is 0. The molecule has 1 aliphatic rings. The molecule has 1 aliphatic heterocycles. The summed E-state index contributed by atoms with van der Waals surface area (Å²) in [6, 6.07) is 5.26. The van der Waals surface area contributed by atoms with Crippen LogP contribution in [0.5, 0.6) is 0 Å². The van der Waals surface area contributed by atoms with Gasteiger partial charge in [0.25, 0.3) is 5.91 Å². The number of aromatic amines is 1. The highest BCUT2D eigenvalue weighted by atomic mass is 16.2. The Kier molecular flexibility index (Phi) is 4.60. The zero-order valence-electron chi connectivity index (χ0n) is 13.4. The van der Waals surface area contributed by atoms with Crippen LogP contribution in [0.3, 0.4) is 0 Å². The zero-order valence-corrected chi connectivity index (χ0v) is 13.4. The Balaban J connectivity index is 1.74. The van der Waals surface area contributed by atoms with Crippen molar-refractivity contribution in [3.63, 3.8) is 0 Å². The van der Waals surface area contributed by atoms with Crippen molar-refractivity contribution in [2.75, 3.05) is 6.54 Å². The number of carbonyl (C=O) groups excluding carboxylic acids is 1. The lowest BCUT2D eigenvalue weighted by Gasteiger charge is -2.36. The molecule has 0 aliphatic carbocycles.